The zero-order valence-electron chi connectivity index (χ0n) is 15.7. The lowest BCUT2D eigenvalue weighted by atomic mass is 9.72. The molecule has 28 heavy (non-hydrogen) atoms. The average Bonchev–Trinajstić information content (AvgIpc) is 2.74. The van der Waals surface area contributed by atoms with Crippen molar-refractivity contribution in [3.63, 3.8) is 0 Å². The number of rotatable bonds is 3. The summed E-state index contributed by atoms with van der Waals surface area (Å²) in [5.74, 6) is -0.939. The molecule has 3 heterocycles. The van der Waals surface area contributed by atoms with E-state index in [1.165, 1.54) is 17.7 Å². The van der Waals surface area contributed by atoms with Crippen LogP contribution in [-0.2, 0) is 14.9 Å². The second-order valence-corrected chi connectivity index (χ2v) is 7.67. The third-order valence-corrected chi connectivity index (χ3v) is 6.16. The number of likely N-dealkylation sites (tertiary alicyclic amines) is 1. The number of hydrogen-bond acceptors (Lipinski definition) is 3. The van der Waals surface area contributed by atoms with Gasteiger partial charge in [-0.15, -0.1) is 0 Å². The summed E-state index contributed by atoms with van der Waals surface area (Å²) in [6, 6.07) is 7.58. The molecule has 4 nitrogen and oxygen atoms in total. The molecule has 0 saturated carbocycles. The molecule has 0 bridgehead atoms. The lowest BCUT2D eigenvalue weighted by molar-refractivity contribution is -0.142. The molecule has 148 valence electrons. The Labute approximate surface area is 163 Å². The molecule has 0 atom stereocenters. The molecular weight excluding hydrogens is 362 g/mol. The van der Waals surface area contributed by atoms with Gasteiger partial charge < -0.3 is 9.64 Å². The van der Waals surface area contributed by atoms with Crippen LogP contribution in [0.3, 0.4) is 0 Å². The molecule has 2 fully saturated rings. The molecule has 4 rings (SSSR count). The monoisotopic (exact) mass is 386 g/mol. The maximum Gasteiger partial charge on any atom is 0.233 e. The number of ether oxygens (including phenoxy) is 1. The lowest BCUT2D eigenvalue weighted by Crippen LogP contribution is -2.52. The van der Waals surface area contributed by atoms with Crippen molar-refractivity contribution in [3.8, 4) is 0 Å². The third-order valence-electron chi connectivity index (χ3n) is 6.16. The molecular formula is C22H24F2N2O2. The van der Waals surface area contributed by atoms with Crippen LogP contribution in [0, 0.1) is 11.6 Å². The third kappa shape index (κ3) is 3.53. The summed E-state index contributed by atoms with van der Waals surface area (Å²) in [6.45, 7) is 2.07. The fourth-order valence-corrected chi connectivity index (χ4v) is 4.55. The number of hydrogen-bond donors (Lipinski definition) is 0. The SMILES string of the molecule is O=C(N1CCC(c2ccncc2)CC1)C1(c2ccc(F)cc2F)CCOCC1. The van der Waals surface area contributed by atoms with Crippen molar-refractivity contribution in [3.05, 3.63) is 65.5 Å². The van der Waals surface area contributed by atoms with Crippen LogP contribution in [0.25, 0.3) is 0 Å². The van der Waals surface area contributed by atoms with Crippen LogP contribution in [0.2, 0.25) is 0 Å². The number of piperidine rings is 1. The van der Waals surface area contributed by atoms with Crippen LogP contribution in [0.5, 0.6) is 0 Å². The van der Waals surface area contributed by atoms with Gasteiger partial charge in [0.05, 0.1) is 5.41 Å². The summed E-state index contributed by atoms with van der Waals surface area (Å²) in [5, 5.41) is 0. The molecule has 0 unspecified atom stereocenters. The van der Waals surface area contributed by atoms with E-state index >= 15 is 0 Å². The van der Waals surface area contributed by atoms with Crippen molar-refractivity contribution < 1.29 is 18.3 Å². The summed E-state index contributed by atoms with van der Waals surface area (Å²) < 4.78 is 33.5. The second kappa shape index (κ2) is 7.95. The minimum Gasteiger partial charge on any atom is -0.381 e. The Bertz CT molecular complexity index is 830. The van der Waals surface area contributed by atoms with Gasteiger partial charge >= 0.3 is 0 Å². The van der Waals surface area contributed by atoms with Crippen molar-refractivity contribution in [2.24, 2.45) is 0 Å². The fraction of sp³-hybridized carbons (Fsp3) is 0.455. The Morgan fingerprint density at radius 1 is 1.07 bits per heavy atom. The molecule has 2 aliphatic heterocycles. The molecule has 2 aliphatic rings. The van der Waals surface area contributed by atoms with Crippen molar-refractivity contribution in [2.75, 3.05) is 26.3 Å². The molecule has 2 aromatic rings. The summed E-state index contributed by atoms with van der Waals surface area (Å²) in [6.07, 6.45) is 6.15. The van der Waals surface area contributed by atoms with E-state index in [9.17, 15) is 13.6 Å². The Kier molecular flexibility index (Phi) is 5.40. The first-order valence-corrected chi connectivity index (χ1v) is 9.83. The van der Waals surface area contributed by atoms with Gasteiger partial charge in [0.2, 0.25) is 5.91 Å². The van der Waals surface area contributed by atoms with Gasteiger partial charge in [0.15, 0.2) is 0 Å². The van der Waals surface area contributed by atoms with Crippen LogP contribution in [0.4, 0.5) is 8.78 Å². The smallest absolute Gasteiger partial charge is 0.233 e. The highest BCUT2D eigenvalue weighted by Crippen LogP contribution is 2.40. The Morgan fingerprint density at radius 3 is 2.39 bits per heavy atom. The number of carbonyl (C=O) groups is 1. The van der Waals surface area contributed by atoms with E-state index in [4.69, 9.17) is 4.74 Å². The van der Waals surface area contributed by atoms with E-state index < -0.39 is 17.0 Å². The first-order valence-electron chi connectivity index (χ1n) is 9.83. The van der Waals surface area contributed by atoms with Gasteiger partial charge in [-0.2, -0.15) is 0 Å². The van der Waals surface area contributed by atoms with Gasteiger partial charge in [-0.1, -0.05) is 6.07 Å². The van der Waals surface area contributed by atoms with Crippen LogP contribution in [0.15, 0.2) is 42.7 Å². The van der Waals surface area contributed by atoms with Crippen molar-refractivity contribution in [1.29, 1.82) is 0 Å². The van der Waals surface area contributed by atoms with E-state index in [0.29, 0.717) is 50.6 Å². The Balaban J connectivity index is 1.55. The number of benzene rings is 1. The Morgan fingerprint density at radius 2 is 1.75 bits per heavy atom. The maximum atomic E-state index is 14.6. The largest absolute Gasteiger partial charge is 0.381 e. The second-order valence-electron chi connectivity index (χ2n) is 7.67. The molecule has 0 aliphatic carbocycles. The molecule has 6 heteroatoms. The van der Waals surface area contributed by atoms with Crippen molar-refractivity contribution in [2.45, 2.75) is 37.0 Å². The zero-order valence-corrected chi connectivity index (χ0v) is 15.7. The standard InChI is InChI=1S/C22H24F2N2O2/c23-18-1-2-19(20(24)15-18)22(7-13-28-14-8-22)21(27)26-11-5-17(6-12-26)16-3-9-25-10-4-16/h1-4,9-10,15,17H,5-8,11-14H2. The number of halogens is 2. The minimum absolute atomic E-state index is 0.0607. The molecule has 1 aromatic carbocycles. The first-order chi connectivity index (χ1) is 13.6. The topological polar surface area (TPSA) is 42.4 Å². The molecule has 2 saturated heterocycles. The quantitative estimate of drug-likeness (QED) is 0.806. The lowest BCUT2D eigenvalue weighted by Gasteiger charge is -2.42. The van der Waals surface area contributed by atoms with Gasteiger partial charge in [-0.05, 0) is 55.4 Å². The highest BCUT2D eigenvalue weighted by molar-refractivity contribution is 5.88. The van der Waals surface area contributed by atoms with Crippen LogP contribution in [-0.4, -0.2) is 42.1 Å². The molecule has 0 N–H and O–H groups in total. The van der Waals surface area contributed by atoms with E-state index in [1.807, 2.05) is 17.0 Å². The highest BCUT2D eigenvalue weighted by atomic mass is 19.1. The predicted molar refractivity (Wildman–Crippen MR) is 101 cm³/mol. The summed E-state index contributed by atoms with van der Waals surface area (Å²) in [5.41, 5.74) is 0.561. The van der Waals surface area contributed by atoms with Gasteiger partial charge in [0, 0.05) is 50.3 Å². The molecule has 1 aromatic heterocycles. The van der Waals surface area contributed by atoms with Gasteiger partial charge in [-0.3, -0.25) is 9.78 Å². The normalized spacial score (nSPS) is 20.1. The summed E-state index contributed by atoms with van der Waals surface area (Å²) in [4.78, 5) is 19.5. The van der Waals surface area contributed by atoms with E-state index in [0.717, 1.165) is 18.9 Å². The number of aromatic nitrogens is 1. The van der Waals surface area contributed by atoms with E-state index in [1.54, 1.807) is 12.4 Å². The molecule has 0 radical (unpaired) electrons. The van der Waals surface area contributed by atoms with E-state index in [-0.39, 0.29) is 5.91 Å². The molecule has 1 amide bonds. The van der Waals surface area contributed by atoms with Crippen LogP contribution < -0.4 is 0 Å². The number of carbonyl (C=O) groups excluding carboxylic acids is 1. The summed E-state index contributed by atoms with van der Waals surface area (Å²) in [7, 11) is 0. The number of nitrogens with zero attached hydrogens (tertiary/aromatic N) is 2. The van der Waals surface area contributed by atoms with Crippen molar-refractivity contribution in [1.82, 2.24) is 9.88 Å². The summed E-state index contributed by atoms with van der Waals surface area (Å²) >= 11 is 0. The first kappa shape index (κ1) is 19.0. The number of amides is 1. The van der Waals surface area contributed by atoms with Crippen molar-refractivity contribution >= 4 is 5.91 Å². The fourth-order valence-electron chi connectivity index (χ4n) is 4.55. The van der Waals surface area contributed by atoms with Gasteiger partial charge in [0.25, 0.3) is 0 Å². The van der Waals surface area contributed by atoms with E-state index in [2.05, 4.69) is 4.98 Å². The van der Waals surface area contributed by atoms with Gasteiger partial charge in [-0.25, -0.2) is 8.78 Å². The zero-order chi connectivity index (χ0) is 19.6. The van der Waals surface area contributed by atoms with Gasteiger partial charge in [0.1, 0.15) is 11.6 Å². The maximum absolute atomic E-state index is 14.6. The number of pyridine rings is 1. The highest BCUT2D eigenvalue weighted by Gasteiger charge is 2.46. The average molecular weight is 386 g/mol. The minimum atomic E-state index is -0.973. The predicted octanol–water partition coefficient (Wildman–Crippen LogP) is 3.81. The van der Waals surface area contributed by atoms with Crippen LogP contribution >= 0.6 is 0 Å². The molecule has 0 spiro atoms. The van der Waals surface area contributed by atoms with Crippen LogP contribution in [0.1, 0.15) is 42.7 Å². The Hall–Kier alpha value is -2.34.